The maximum absolute atomic E-state index is 11.3. The summed E-state index contributed by atoms with van der Waals surface area (Å²) in [4.78, 5) is 14.4. The molecule has 0 fully saturated rings. The smallest absolute Gasteiger partial charge is 0.205 e. The first-order chi connectivity index (χ1) is 7.27. The number of hydrogen-bond donors (Lipinski definition) is 2. The average molecular weight is 196 g/mol. The molecule has 1 heterocycles. The molecule has 1 aromatic carbocycles. The normalized spacial score (nSPS) is 14.7. The number of para-hydroxylation sites is 1. The maximum Gasteiger partial charge on any atom is 0.205 e. The molecule has 0 amide bonds. The summed E-state index contributed by atoms with van der Waals surface area (Å²) in [5, 5.41) is 8.73. The number of allylic oxidation sites excluding steroid dienone is 1. The number of hydrogen-bond acceptors (Lipinski definition) is 2. The molecule has 2 N–H and O–H groups in total. The van der Waals surface area contributed by atoms with Gasteiger partial charge in [0.25, 0.3) is 0 Å². The lowest BCUT2D eigenvalue weighted by Gasteiger charge is -2.04. The SMILES string of the molecule is N=C1C(=O)C=Cc2c1[nH]c1ccccc21. The van der Waals surface area contributed by atoms with Crippen LogP contribution >= 0.6 is 0 Å². The summed E-state index contributed by atoms with van der Waals surface area (Å²) in [6.07, 6.45) is 3.22. The summed E-state index contributed by atoms with van der Waals surface area (Å²) >= 11 is 0. The first-order valence-corrected chi connectivity index (χ1v) is 4.69. The lowest BCUT2D eigenvalue weighted by molar-refractivity contribution is -0.108. The summed E-state index contributed by atoms with van der Waals surface area (Å²) in [7, 11) is 0. The van der Waals surface area contributed by atoms with Crippen LogP contribution in [0.3, 0.4) is 0 Å². The molecule has 1 aliphatic carbocycles. The van der Waals surface area contributed by atoms with Crippen LogP contribution in [0.4, 0.5) is 0 Å². The Morgan fingerprint density at radius 3 is 2.80 bits per heavy atom. The van der Waals surface area contributed by atoms with Gasteiger partial charge in [-0.1, -0.05) is 18.2 Å². The molecule has 0 atom stereocenters. The molecular weight excluding hydrogens is 188 g/mol. The Bertz CT molecular complexity index is 620. The molecule has 2 aromatic rings. The van der Waals surface area contributed by atoms with Crippen molar-refractivity contribution in [2.24, 2.45) is 0 Å². The predicted octanol–water partition coefficient (Wildman–Crippen LogP) is 2.13. The van der Waals surface area contributed by atoms with Crippen molar-refractivity contribution in [3.63, 3.8) is 0 Å². The van der Waals surface area contributed by atoms with Crippen LogP contribution in [-0.4, -0.2) is 16.5 Å². The number of ketones is 1. The van der Waals surface area contributed by atoms with Crippen molar-refractivity contribution in [3.8, 4) is 0 Å². The van der Waals surface area contributed by atoms with E-state index in [9.17, 15) is 4.79 Å². The third-order valence-electron chi connectivity index (χ3n) is 2.64. The molecule has 72 valence electrons. The van der Waals surface area contributed by atoms with E-state index in [2.05, 4.69) is 4.98 Å². The second-order valence-corrected chi connectivity index (χ2v) is 3.53. The molecule has 0 saturated carbocycles. The molecule has 0 aliphatic heterocycles. The van der Waals surface area contributed by atoms with Gasteiger partial charge >= 0.3 is 0 Å². The third-order valence-corrected chi connectivity index (χ3v) is 2.64. The Balaban J connectivity index is 2.43. The molecule has 3 nitrogen and oxygen atoms in total. The van der Waals surface area contributed by atoms with Gasteiger partial charge in [0.2, 0.25) is 5.78 Å². The van der Waals surface area contributed by atoms with Crippen LogP contribution < -0.4 is 0 Å². The Labute approximate surface area is 85.9 Å². The van der Waals surface area contributed by atoms with Gasteiger partial charge in [0.1, 0.15) is 5.71 Å². The molecule has 0 bridgehead atoms. The van der Waals surface area contributed by atoms with E-state index in [-0.39, 0.29) is 11.5 Å². The van der Waals surface area contributed by atoms with Crippen LogP contribution in [0.25, 0.3) is 17.0 Å². The second-order valence-electron chi connectivity index (χ2n) is 3.53. The quantitative estimate of drug-likeness (QED) is 0.666. The van der Waals surface area contributed by atoms with Gasteiger partial charge in [-0.2, -0.15) is 0 Å². The minimum absolute atomic E-state index is 0.0451. The highest BCUT2D eigenvalue weighted by Crippen LogP contribution is 2.26. The zero-order valence-corrected chi connectivity index (χ0v) is 7.87. The van der Waals surface area contributed by atoms with Crippen LogP contribution in [0.5, 0.6) is 0 Å². The fourth-order valence-corrected chi connectivity index (χ4v) is 1.90. The number of rotatable bonds is 0. The number of H-pyrrole nitrogens is 1. The van der Waals surface area contributed by atoms with Gasteiger partial charge in [0, 0.05) is 16.5 Å². The van der Waals surface area contributed by atoms with E-state index in [4.69, 9.17) is 5.41 Å². The first kappa shape index (κ1) is 8.17. The molecular formula is C12H8N2O. The molecule has 0 unspecified atom stereocenters. The summed E-state index contributed by atoms with van der Waals surface area (Å²) in [5.74, 6) is -0.242. The van der Waals surface area contributed by atoms with Gasteiger partial charge in [0.05, 0.1) is 5.69 Å². The van der Waals surface area contributed by atoms with Gasteiger partial charge in [0.15, 0.2) is 0 Å². The highest BCUT2D eigenvalue weighted by molar-refractivity contribution is 6.51. The van der Waals surface area contributed by atoms with Crippen molar-refractivity contribution in [2.45, 2.75) is 0 Å². The lowest BCUT2D eigenvalue weighted by Crippen LogP contribution is -2.15. The highest BCUT2D eigenvalue weighted by Gasteiger charge is 2.20. The van der Waals surface area contributed by atoms with Crippen molar-refractivity contribution >= 4 is 28.5 Å². The summed E-state index contributed by atoms with van der Waals surface area (Å²) in [6, 6.07) is 7.81. The Hall–Kier alpha value is -2.16. The molecule has 0 spiro atoms. The maximum atomic E-state index is 11.3. The highest BCUT2D eigenvalue weighted by atomic mass is 16.1. The van der Waals surface area contributed by atoms with E-state index in [0.717, 1.165) is 16.5 Å². The minimum Gasteiger partial charge on any atom is -0.353 e. The topological polar surface area (TPSA) is 56.7 Å². The van der Waals surface area contributed by atoms with Gasteiger partial charge < -0.3 is 4.98 Å². The van der Waals surface area contributed by atoms with E-state index >= 15 is 0 Å². The molecule has 15 heavy (non-hydrogen) atoms. The number of fused-ring (bicyclic) bond motifs is 3. The fourth-order valence-electron chi connectivity index (χ4n) is 1.90. The van der Waals surface area contributed by atoms with Crippen LogP contribution in [0.15, 0.2) is 30.3 Å². The zero-order chi connectivity index (χ0) is 10.4. The average Bonchev–Trinajstić information content (AvgIpc) is 2.63. The second kappa shape index (κ2) is 2.67. The van der Waals surface area contributed by atoms with E-state index in [1.165, 1.54) is 6.08 Å². The van der Waals surface area contributed by atoms with Gasteiger partial charge in [-0.15, -0.1) is 0 Å². The monoisotopic (exact) mass is 196 g/mol. The Morgan fingerprint density at radius 2 is 1.93 bits per heavy atom. The van der Waals surface area contributed by atoms with Gasteiger partial charge in [-0.3, -0.25) is 10.2 Å². The number of benzene rings is 1. The van der Waals surface area contributed by atoms with E-state index in [0.29, 0.717) is 5.69 Å². The van der Waals surface area contributed by atoms with E-state index in [1.54, 1.807) is 6.08 Å². The van der Waals surface area contributed by atoms with E-state index < -0.39 is 0 Å². The molecule has 3 heteroatoms. The third kappa shape index (κ3) is 1.00. The lowest BCUT2D eigenvalue weighted by atomic mass is 10.00. The van der Waals surface area contributed by atoms with Gasteiger partial charge in [-0.25, -0.2) is 0 Å². The predicted molar refractivity (Wildman–Crippen MR) is 59.2 cm³/mol. The standard InChI is InChI=1S/C12H8N2O/c13-11-10(15)6-5-8-7-3-1-2-4-9(7)14-12(8)11/h1-6,13-14H. The number of carbonyl (C=O) groups excluding carboxylic acids is 1. The molecule has 0 saturated heterocycles. The number of aromatic amines is 1. The van der Waals surface area contributed by atoms with Crippen molar-refractivity contribution in [2.75, 3.05) is 0 Å². The van der Waals surface area contributed by atoms with Gasteiger partial charge in [-0.05, 0) is 18.2 Å². The largest absolute Gasteiger partial charge is 0.353 e. The summed E-state index contributed by atoms with van der Waals surface area (Å²) in [5.41, 5.74) is 2.58. The molecule has 1 aromatic heterocycles. The zero-order valence-electron chi connectivity index (χ0n) is 7.87. The minimum atomic E-state index is -0.242. The summed E-state index contributed by atoms with van der Waals surface area (Å²) < 4.78 is 0. The van der Waals surface area contributed by atoms with Crippen LogP contribution in [-0.2, 0) is 4.79 Å². The summed E-state index contributed by atoms with van der Waals surface area (Å²) in [6.45, 7) is 0. The van der Waals surface area contributed by atoms with Crippen molar-refractivity contribution < 1.29 is 4.79 Å². The van der Waals surface area contributed by atoms with Crippen LogP contribution in [0.2, 0.25) is 0 Å². The fraction of sp³-hybridized carbons (Fsp3) is 0. The molecule has 3 rings (SSSR count). The van der Waals surface area contributed by atoms with E-state index in [1.807, 2.05) is 24.3 Å². The van der Waals surface area contributed by atoms with Crippen LogP contribution in [0, 0.1) is 5.41 Å². The Morgan fingerprint density at radius 1 is 1.13 bits per heavy atom. The van der Waals surface area contributed by atoms with Crippen molar-refractivity contribution in [3.05, 3.63) is 41.6 Å². The molecule has 1 aliphatic rings. The van der Waals surface area contributed by atoms with Crippen molar-refractivity contribution in [1.29, 1.82) is 5.41 Å². The Kier molecular flexibility index (Phi) is 1.45. The number of aromatic nitrogens is 1. The van der Waals surface area contributed by atoms with Crippen LogP contribution in [0.1, 0.15) is 11.3 Å². The number of carbonyl (C=O) groups is 1. The molecule has 0 radical (unpaired) electrons. The first-order valence-electron chi connectivity index (χ1n) is 4.69. The number of nitrogens with one attached hydrogen (secondary N) is 2. The van der Waals surface area contributed by atoms with Crippen molar-refractivity contribution in [1.82, 2.24) is 4.98 Å².